The van der Waals surface area contributed by atoms with Crippen LogP contribution in [0.5, 0.6) is 0 Å². The van der Waals surface area contributed by atoms with Crippen molar-refractivity contribution < 1.29 is 5.11 Å². The minimum Gasteiger partial charge on any atom is -0.385 e. The summed E-state index contributed by atoms with van der Waals surface area (Å²) in [7, 11) is 1.94. The van der Waals surface area contributed by atoms with E-state index in [0.29, 0.717) is 0 Å². The molecule has 2 aromatic heterocycles. The van der Waals surface area contributed by atoms with Crippen LogP contribution in [-0.4, -0.2) is 32.7 Å². The molecule has 26 heavy (non-hydrogen) atoms. The number of piperidine rings is 1. The Morgan fingerprint density at radius 3 is 2.58 bits per heavy atom. The lowest BCUT2D eigenvalue weighted by molar-refractivity contribution is 0.0825. The molecular formula is C21H26N4O. The maximum absolute atomic E-state index is 10.7. The van der Waals surface area contributed by atoms with E-state index in [1.54, 1.807) is 6.20 Å². The summed E-state index contributed by atoms with van der Waals surface area (Å²) in [5.41, 5.74) is 4.71. The highest BCUT2D eigenvalue weighted by atomic mass is 16.3. The zero-order valence-corrected chi connectivity index (χ0v) is 15.7. The number of nitrogens with zero attached hydrogens (tertiary/aromatic N) is 4. The van der Waals surface area contributed by atoms with E-state index in [4.69, 9.17) is 4.98 Å². The first-order valence-electron chi connectivity index (χ1n) is 9.32. The number of aryl methyl sites for hydroxylation is 2. The first-order valence-corrected chi connectivity index (χ1v) is 9.32. The highest BCUT2D eigenvalue weighted by Crippen LogP contribution is 2.36. The molecule has 1 unspecified atom stereocenters. The van der Waals surface area contributed by atoms with Gasteiger partial charge in [0.2, 0.25) is 0 Å². The summed E-state index contributed by atoms with van der Waals surface area (Å²) in [5.74, 6) is 1.02. The van der Waals surface area contributed by atoms with Crippen LogP contribution in [0, 0.1) is 19.8 Å². The molecule has 1 atom stereocenters. The standard InChI is InChI=1S/C21H26N4O/c1-14-15(2)23-18-7-5-4-6-17(18)19(14)25-11-8-16(9-12-25)20(26)21-22-10-13-24(21)3/h4-7,10,13,16,20,26H,8-9,11-12H2,1-3H3. The molecule has 1 N–H and O–H groups in total. The lowest BCUT2D eigenvalue weighted by Crippen LogP contribution is -2.36. The highest BCUT2D eigenvalue weighted by molar-refractivity contribution is 5.93. The van der Waals surface area contributed by atoms with Crippen molar-refractivity contribution in [2.75, 3.05) is 18.0 Å². The van der Waals surface area contributed by atoms with Gasteiger partial charge in [0, 0.05) is 43.6 Å². The second-order valence-electron chi connectivity index (χ2n) is 7.35. The van der Waals surface area contributed by atoms with Crippen LogP contribution in [0.2, 0.25) is 0 Å². The summed E-state index contributed by atoms with van der Waals surface area (Å²) in [5, 5.41) is 12.0. The summed E-state index contributed by atoms with van der Waals surface area (Å²) in [6.07, 6.45) is 5.08. The normalized spacial score (nSPS) is 17.0. The molecule has 0 amide bonds. The summed E-state index contributed by atoms with van der Waals surface area (Å²) in [6.45, 7) is 6.14. The SMILES string of the molecule is Cc1nc2ccccc2c(N2CCC(C(O)c3nccn3C)CC2)c1C. The Labute approximate surface area is 154 Å². The van der Waals surface area contributed by atoms with Crippen LogP contribution in [0.15, 0.2) is 36.7 Å². The zero-order valence-electron chi connectivity index (χ0n) is 15.7. The fourth-order valence-corrected chi connectivity index (χ4v) is 4.13. The third-order valence-corrected chi connectivity index (χ3v) is 5.77. The molecule has 0 aliphatic carbocycles. The Morgan fingerprint density at radius 1 is 1.15 bits per heavy atom. The molecule has 1 fully saturated rings. The Kier molecular flexibility index (Phi) is 4.41. The molecule has 136 valence electrons. The lowest BCUT2D eigenvalue weighted by Gasteiger charge is -2.37. The van der Waals surface area contributed by atoms with E-state index in [9.17, 15) is 5.11 Å². The van der Waals surface area contributed by atoms with Crippen molar-refractivity contribution in [3.8, 4) is 0 Å². The van der Waals surface area contributed by atoms with Crippen molar-refractivity contribution in [2.24, 2.45) is 13.0 Å². The van der Waals surface area contributed by atoms with E-state index >= 15 is 0 Å². The minimum atomic E-state index is -0.492. The quantitative estimate of drug-likeness (QED) is 0.785. The second-order valence-corrected chi connectivity index (χ2v) is 7.35. The molecule has 3 heterocycles. The predicted octanol–water partition coefficient (Wildman–Crippen LogP) is 3.54. The van der Waals surface area contributed by atoms with Gasteiger partial charge in [-0.2, -0.15) is 0 Å². The van der Waals surface area contributed by atoms with Gasteiger partial charge in [-0.05, 0) is 44.2 Å². The Balaban J connectivity index is 1.58. The van der Waals surface area contributed by atoms with Crippen molar-refractivity contribution in [2.45, 2.75) is 32.8 Å². The highest BCUT2D eigenvalue weighted by Gasteiger charge is 2.29. The van der Waals surface area contributed by atoms with Gasteiger partial charge in [0.15, 0.2) is 0 Å². The number of rotatable bonds is 3. The van der Waals surface area contributed by atoms with Gasteiger partial charge in [-0.1, -0.05) is 18.2 Å². The number of hydrogen-bond donors (Lipinski definition) is 1. The van der Waals surface area contributed by atoms with E-state index in [1.807, 2.05) is 23.9 Å². The molecule has 1 aliphatic heterocycles. The number of fused-ring (bicyclic) bond motifs is 1. The van der Waals surface area contributed by atoms with E-state index in [-0.39, 0.29) is 5.92 Å². The largest absolute Gasteiger partial charge is 0.385 e. The van der Waals surface area contributed by atoms with Gasteiger partial charge in [-0.25, -0.2) is 4.98 Å². The Hall–Kier alpha value is -2.40. The van der Waals surface area contributed by atoms with Crippen LogP contribution in [-0.2, 0) is 7.05 Å². The molecule has 5 heteroatoms. The monoisotopic (exact) mass is 350 g/mol. The first kappa shape index (κ1) is 17.0. The van der Waals surface area contributed by atoms with Gasteiger partial charge in [0.25, 0.3) is 0 Å². The van der Waals surface area contributed by atoms with E-state index in [2.05, 4.69) is 41.9 Å². The topological polar surface area (TPSA) is 54.2 Å². The number of hydrogen-bond acceptors (Lipinski definition) is 4. The van der Waals surface area contributed by atoms with Gasteiger partial charge in [-0.15, -0.1) is 0 Å². The van der Waals surface area contributed by atoms with Crippen molar-refractivity contribution in [3.05, 3.63) is 53.7 Å². The molecule has 0 saturated carbocycles. The summed E-state index contributed by atoms with van der Waals surface area (Å²) in [6, 6.07) is 8.38. The minimum absolute atomic E-state index is 0.252. The molecule has 5 nitrogen and oxygen atoms in total. The predicted molar refractivity (Wildman–Crippen MR) is 104 cm³/mol. The molecular weight excluding hydrogens is 324 g/mol. The Bertz CT molecular complexity index is 925. The molecule has 4 rings (SSSR count). The van der Waals surface area contributed by atoms with Crippen LogP contribution < -0.4 is 4.90 Å². The Morgan fingerprint density at radius 2 is 1.88 bits per heavy atom. The number of aliphatic hydroxyl groups excluding tert-OH is 1. The fourth-order valence-electron chi connectivity index (χ4n) is 4.13. The van der Waals surface area contributed by atoms with Crippen LogP contribution in [0.1, 0.15) is 36.0 Å². The molecule has 0 bridgehead atoms. The molecule has 1 aliphatic rings. The van der Waals surface area contributed by atoms with Gasteiger partial charge < -0.3 is 14.6 Å². The van der Waals surface area contributed by atoms with Gasteiger partial charge in [-0.3, -0.25) is 4.98 Å². The molecule has 1 aromatic carbocycles. The maximum Gasteiger partial charge on any atom is 0.137 e. The molecule has 0 spiro atoms. The first-order chi connectivity index (χ1) is 12.6. The van der Waals surface area contributed by atoms with E-state index in [0.717, 1.165) is 43.0 Å². The third-order valence-electron chi connectivity index (χ3n) is 5.77. The number of aliphatic hydroxyl groups is 1. The summed E-state index contributed by atoms with van der Waals surface area (Å²) >= 11 is 0. The average Bonchev–Trinajstić information content (AvgIpc) is 3.08. The zero-order chi connectivity index (χ0) is 18.3. The summed E-state index contributed by atoms with van der Waals surface area (Å²) in [4.78, 5) is 11.5. The smallest absolute Gasteiger partial charge is 0.137 e. The molecule has 3 aromatic rings. The summed E-state index contributed by atoms with van der Waals surface area (Å²) < 4.78 is 1.92. The number of aromatic nitrogens is 3. The number of anilines is 1. The van der Waals surface area contributed by atoms with Crippen molar-refractivity contribution in [1.82, 2.24) is 14.5 Å². The second kappa shape index (κ2) is 6.72. The number of imidazole rings is 1. The lowest BCUT2D eigenvalue weighted by atomic mass is 9.90. The van der Waals surface area contributed by atoms with Crippen molar-refractivity contribution >= 4 is 16.6 Å². The van der Waals surface area contributed by atoms with Crippen LogP contribution in [0.4, 0.5) is 5.69 Å². The van der Waals surface area contributed by atoms with E-state index < -0.39 is 6.10 Å². The van der Waals surface area contributed by atoms with Crippen molar-refractivity contribution in [3.63, 3.8) is 0 Å². The molecule has 1 saturated heterocycles. The van der Waals surface area contributed by atoms with Crippen LogP contribution in [0.3, 0.4) is 0 Å². The number of benzene rings is 1. The van der Waals surface area contributed by atoms with Crippen molar-refractivity contribution in [1.29, 1.82) is 0 Å². The fraction of sp³-hybridized carbons (Fsp3) is 0.429. The van der Waals surface area contributed by atoms with Crippen LogP contribution in [0.25, 0.3) is 10.9 Å². The maximum atomic E-state index is 10.7. The van der Waals surface area contributed by atoms with E-state index in [1.165, 1.54) is 16.6 Å². The van der Waals surface area contributed by atoms with Gasteiger partial charge in [0.1, 0.15) is 11.9 Å². The number of para-hydroxylation sites is 1. The van der Waals surface area contributed by atoms with Gasteiger partial charge in [0.05, 0.1) is 11.2 Å². The molecule has 0 radical (unpaired) electrons. The average molecular weight is 350 g/mol. The van der Waals surface area contributed by atoms with Gasteiger partial charge >= 0.3 is 0 Å². The number of pyridine rings is 1. The third kappa shape index (κ3) is 2.86. The van der Waals surface area contributed by atoms with Crippen LogP contribution >= 0.6 is 0 Å².